The lowest BCUT2D eigenvalue weighted by Gasteiger charge is -2.02. The standard InChI is InChI=1S/C12H11FN2/c1-8-3-5-10(7-11(8)13)12-6-4-9(2)14-15-12/h3-7H,1-2H3. The molecule has 0 fully saturated rings. The van der Waals surface area contributed by atoms with Gasteiger partial charge in [-0.25, -0.2) is 4.39 Å². The second-order valence-electron chi connectivity index (χ2n) is 3.52. The van der Waals surface area contributed by atoms with Crippen molar-refractivity contribution in [2.45, 2.75) is 13.8 Å². The topological polar surface area (TPSA) is 25.8 Å². The van der Waals surface area contributed by atoms with Gasteiger partial charge in [0.25, 0.3) is 0 Å². The van der Waals surface area contributed by atoms with Gasteiger partial charge < -0.3 is 0 Å². The first-order chi connectivity index (χ1) is 7.16. The number of rotatable bonds is 1. The van der Waals surface area contributed by atoms with Crippen molar-refractivity contribution >= 4 is 0 Å². The van der Waals surface area contributed by atoms with Crippen molar-refractivity contribution in [1.82, 2.24) is 10.2 Å². The van der Waals surface area contributed by atoms with Gasteiger partial charge in [0.1, 0.15) is 5.82 Å². The summed E-state index contributed by atoms with van der Waals surface area (Å²) < 4.78 is 13.3. The molecule has 0 aliphatic rings. The summed E-state index contributed by atoms with van der Waals surface area (Å²) in [6.07, 6.45) is 0. The number of benzene rings is 1. The van der Waals surface area contributed by atoms with Crippen LogP contribution in [0.1, 0.15) is 11.3 Å². The van der Waals surface area contributed by atoms with Crippen molar-refractivity contribution in [3.8, 4) is 11.3 Å². The average Bonchev–Trinajstić information content (AvgIpc) is 2.23. The fraction of sp³-hybridized carbons (Fsp3) is 0.167. The van der Waals surface area contributed by atoms with Crippen LogP contribution >= 0.6 is 0 Å². The van der Waals surface area contributed by atoms with Crippen LogP contribution in [-0.2, 0) is 0 Å². The molecule has 0 aliphatic heterocycles. The highest BCUT2D eigenvalue weighted by atomic mass is 19.1. The Kier molecular flexibility index (Phi) is 2.46. The first-order valence-corrected chi connectivity index (χ1v) is 4.73. The van der Waals surface area contributed by atoms with E-state index < -0.39 is 0 Å². The third-order valence-electron chi connectivity index (χ3n) is 2.27. The van der Waals surface area contributed by atoms with E-state index in [9.17, 15) is 4.39 Å². The quantitative estimate of drug-likeness (QED) is 0.710. The molecule has 0 bridgehead atoms. The van der Waals surface area contributed by atoms with Crippen LogP contribution in [0, 0.1) is 19.7 Å². The molecular weight excluding hydrogens is 191 g/mol. The highest BCUT2D eigenvalue weighted by molar-refractivity contribution is 5.58. The minimum Gasteiger partial charge on any atom is -0.207 e. The minimum absolute atomic E-state index is 0.213. The number of halogens is 1. The molecule has 0 aliphatic carbocycles. The van der Waals surface area contributed by atoms with Gasteiger partial charge in [-0.05, 0) is 37.6 Å². The van der Waals surface area contributed by atoms with Gasteiger partial charge in [-0.15, -0.1) is 0 Å². The van der Waals surface area contributed by atoms with Crippen molar-refractivity contribution in [3.05, 3.63) is 47.4 Å². The van der Waals surface area contributed by atoms with Crippen LogP contribution in [-0.4, -0.2) is 10.2 Å². The Morgan fingerprint density at radius 2 is 1.80 bits per heavy atom. The zero-order valence-electron chi connectivity index (χ0n) is 8.66. The summed E-state index contributed by atoms with van der Waals surface area (Å²) in [7, 11) is 0. The Balaban J connectivity index is 2.45. The van der Waals surface area contributed by atoms with Crippen LogP contribution in [0.25, 0.3) is 11.3 Å². The maximum absolute atomic E-state index is 13.3. The van der Waals surface area contributed by atoms with Crippen LogP contribution in [0.2, 0.25) is 0 Å². The molecule has 2 nitrogen and oxygen atoms in total. The molecule has 15 heavy (non-hydrogen) atoms. The van der Waals surface area contributed by atoms with Crippen LogP contribution < -0.4 is 0 Å². The Labute approximate surface area is 87.8 Å². The van der Waals surface area contributed by atoms with Gasteiger partial charge in [0.2, 0.25) is 0 Å². The summed E-state index contributed by atoms with van der Waals surface area (Å²) in [5.41, 5.74) is 2.94. The normalized spacial score (nSPS) is 10.3. The van der Waals surface area contributed by atoms with E-state index in [-0.39, 0.29) is 5.82 Å². The summed E-state index contributed by atoms with van der Waals surface area (Å²) in [6, 6.07) is 8.77. The van der Waals surface area contributed by atoms with E-state index in [1.165, 1.54) is 6.07 Å². The van der Waals surface area contributed by atoms with Crippen LogP contribution in [0.3, 0.4) is 0 Å². The van der Waals surface area contributed by atoms with E-state index in [2.05, 4.69) is 10.2 Å². The minimum atomic E-state index is -0.213. The lowest BCUT2D eigenvalue weighted by molar-refractivity contribution is 0.619. The predicted octanol–water partition coefficient (Wildman–Crippen LogP) is 2.90. The number of hydrogen-bond donors (Lipinski definition) is 0. The summed E-state index contributed by atoms with van der Waals surface area (Å²) in [4.78, 5) is 0. The van der Waals surface area contributed by atoms with Gasteiger partial charge in [-0.3, -0.25) is 0 Å². The van der Waals surface area contributed by atoms with Crippen LogP contribution in [0.5, 0.6) is 0 Å². The van der Waals surface area contributed by atoms with E-state index in [1.54, 1.807) is 13.0 Å². The van der Waals surface area contributed by atoms with Gasteiger partial charge >= 0.3 is 0 Å². The summed E-state index contributed by atoms with van der Waals surface area (Å²) in [5.74, 6) is -0.213. The molecule has 1 heterocycles. The first-order valence-electron chi connectivity index (χ1n) is 4.73. The third-order valence-corrected chi connectivity index (χ3v) is 2.27. The van der Waals surface area contributed by atoms with Crippen molar-refractivity contribution in [3.63, 3.8) is 0 Å². The molecule has 0 amide bonds. The zero-order valence-corrected chi connectivity index (χ0v) is 8.66. The maximum atomic E-state index is 13.3. The second-order valence-corrected chi connectivity index (χ2v) is 3.52. The van der Waals surface area contributed by atoms with E-state index >= 15 is 0 Å². The van der Waals surface area contributed by atoms with Gasteiger partial charge in [0.15, 0.2) is 0 Å². The molecule has 0 saturated heterocycles. The molecule has 1 aromatic heterocycles. The zero-order chi connectivity index (χ0) is 10.8. The summed E-state index contributed by atoms with van der Waals surface area (Å²) in [6.45, 7) is 3.60. The smallest absolute Gasteiger partial charge is 0.126 e. The van der Waals surface area contributed by atoms with Gasteiger partial charge in [-0.2, -0.15) is 10.2 Å². The largest absolute Gasteiger partial charge is 0.207 e. The van der Waals surface area contributed by atoms with E-state index in [0.717, 1.165) is 11.3 Å². The molecule has 3 heteroatoms. The Bertz CT molecular complexity index is 477. The molecule has 2 aromatic rings. The Morgan fingerprint density at radius 1 is 1.00 bits per heavy atom. The number of aryl methyl sites for hydroxylation is 2. The van der Waals surface area contributed by atoms with Crippen molar-refractivity contribution in [1.29, 1.82) is 0 Å². The summed E-state index contributed by atoms with van der Waals surface area (Å²) in [5, 5.41) is 7.94. The van der Waals surface area contributed by atoms with Crippen molar-refractivity contribution < 1.29 is 4.39 Å². The molecule has 0 N–H and O–H groups in total. The molecule has 0 saturated carbocycles. The van der Waals surface area contributed by atoms with Crippen molar-refractivity contribution in [2.75, 3.05) is 0 Å². The van der Waals surface area contributed by atoms with Gasteiger partial charge in [-0.1, -0.05) is 12.1 Å². The van der Waals surface area contributed by atoms with E-state index in [0.29, 0.717) is 11.3 Å². The average molecular weight is 202 g/mol. The molecule has 2 rings (SSSR count). The van der Waals surface area contributed by atoms with Crippen molar-refractivity contribution in [2.24, 2.45) is 0 Å². The number of hydrogen-bond acceptors (Lipinski definition) is 2. The number of nitrogens with zero attached hydrogens (tertiary/aromatic N) is 2. The number of aromatic nitrogens is 2. The van der Waals surface area contributed by atoms with E-state index in [1.807, 2.05) is 25.1 Å². The molecule has 76 valence electrons. The fourth-order valence-electron chi connectivity index (χ4n) is 1.31. The SMILES string of the molecule is Cc1ccc(-c2ccc(C)c(F)c2)nn1. The fourth-order valence-corrected chi connectivity index (χ4v) is 1.31. The highest BCUT2D eigenvalue weighted by Crippen LogP contribution is 2.19. The van der Waals surface area contributed by atoms with E-state index in [4.69, 9.17) is 0 Å². The molecule has 0 unspecified atom stereocenters. The van der Waals surface area contributed by atoms with Gasteiger partial charge in [0.05, 0.1) is 11.4 Å². The lowest BCUT2D eigenvalue weighted by atomic mass is 10.1. The molecule has 0 spiro atoms. The molecule has 0 atom stereocenters. The van der Waals surface area contributed by atoms with Crippen LogP contribution in [0.4, 0.5) is 4.39 Å². The highest BCUT2D eigenvalue weighted by Gasteiger charge is 2.03. The molecule has 0 radical (unpaired) electrons. The predicted molar refractivity (Wildman–Crippen MR) is 56.9 cm³/mol. The molecule has 1 aromatic carbocycles. The second kappa shape index (κ2) is 3.77. The third kappa shape index (κ3) is 2.01. The first kappa shape index (κ1) is 9.77. The van der Waals surface area contributed by atoms with Crippen LogP contribution in [0.15, 0.2) is 30.3 Å². The maximum Gasteiger partial charge on any atom is 0.126 e. The van der Waals surface area contributed by atoms with Gasteiger partial charge in [0, 0.05) is 5.56 Å². The Morgan fingerprint density at radius 3 is 2.40 bits per heavy atom. The monoisotopic (exact) mass is 202 g/mol. The lowest BCUT2D eigenvalue weighted by Crippen LogP contribution is -1.91. The molecular formula is C12H11FN2. The summed E-state index contributed by atoms with van der Waals surface area (Å²) >= 11 is 0. The Hall–Kier alpha value is -1.77.